The van der Waals surface area contributed by atoms with Gasteiger partial charge in [-0.3, -0.25) is 4.98 Å². The Morgan fingerprint density at radius 3 is 3.05 bits per heavy atom. The summed E-state index contributed by atoms with van der Waals surface area (Å²) in [7, 11) is 0. The molecule has 1 aliphatic rings. The van der Waals surface area contributed by atoms with Crippen LogP contribution in [-0.2, 0) is 0 Å². The van der Waals surface area contributed by atoms with Crippen molar-refractivity contribution in [3.8, 4) is 11.5 Å². The van der Waals surface area contributed by atoms with Crippen LogP contribution < -0.4 is 5.32 Å². The number of halogens is 2. The fraction of sp³-hybridized carbons (Fsp3) is 0.364. The lowest BCUT2D eigenvalue weighted by Gasteiger charge is -2.19. The number of thioether (sulfide) groups is 1. The lowest BCUT2D eigenvalue weighted by Crippen LogP contribution is -2.30. The molecule has 1 saturated heterocycles. The van der Waals surface area contributed by atoms with Crippen LogP contribution in [0.2, 0.25) is 0 Å². The molecule has 0 bridgehead atoms. The van der Waals surface area contributed by atoms with Crippen LogP contribution in [0.4, 0.5) is 0 Å². The minimum absolute atomic E-state index is 0.134. The van der Waals surface area contributed by atoms with Crippen molar-refractivity contribution in [2.24, 2.45) is 0 Å². The molecule has 2 aromatic rings. The Balaban J connectivity index is 1.87. The van der Waals surface area contributed by atoms with Crippen LogP contribution in [0, 0.1) is 0 Å². The summed E-state index contributed by atoms with van der Waals surface area (Å²) >= 11 is 8.71. The van der Waals surface area contributed by atoms with E-state index in [0.717, 1.165) is 27.0 Å². The SMILES string of the molecule is Brc1cnc(-c2noc(C3CSCCN3)n2)c(Br)c1. The second kappa shape index (κ2) is 5.90. The summed E-state index contributed by atoms with van der Waals surface area (Å²) < 4.78 is 7.07. The van der Waals surface area contributed by atoms with Gasteiger partial charge in [-0.2, -0.15) is 16.7 Å². The largest absolute Gasteiger partial charge is 0.337 e. The molecule has 0 spiro atoms. The normalized spacial score (nSPS) is 19.6. The quantitative estimate of drug-likeness (QED) is 0.828. The average Bonchev–Trinajstić information content (AvgIpc) is 2.89. The first kappa shape index (κ1) is 13.5. The maximum absolute atomic E-state index is 5.33. The van der Waals surface area contributed by atoms with E-state index in [-0.39, 0.29) is 6.04 Å². The zero-order valence-electron chi connectivity index (χ0n) is 9.77. The molecule has 0 aromatic carbocycles. The van der Waals surface area contributed by atoms with Crippen LogP contribution in [0.5, 0.6) is 0 Å². The van der Waals surface area contributed by atoms with E-state index in [4.69, 9.17) is 4.52 Å². The van der Waals surface area contributed by atoms with E-state index in [1.807, 2.05) is 17.8 Å². The van der Waals surface area contributed by atoms with Gasteiger partial charge in [-0.05, 0) is 37.9 Å². The molecular weight excluding hydrogens is 396 g/mol. The highest BCUT2D eigenvalue weighted by Crippen LogP contribution is 2.28. The molecule has 100 valence electrons. The minimum Gasteiger partial charge on any atom is -0.337 e. The molecule has 3 rings (SSSR count). The Morgan fingerprint density at radius 2 is 2.32 bits per heavy atom. The molecule has 0 saturated carbocycles. The first-order valence-electron chi connectivity index (χ1n) is 5.70. The molecule has 5 nitrogen and oxygen atoms in total. The van der Waals surface area contributed by atoms with Gasteiger partial charge in [0.2, 0.25) is 11.7 Å². The molecule has 0 radical (unpaired) electrons. The molecule has 3 heterocycles. The van der Waals surface area contributed by atoms with Gasteiger partial charge in [0, 0.05) is 33.2 Å². The van der Waals surface area contributed by atoms with Crippen molar-refractivity contribution in [1.82, 2.24) is 20.4 Å². The Bertz CT molecular complexity index is 586. The van der Waals surface area contributed by atoms with E-state index in [1.165, 1.54) is 0 Å². The van der Waals surface area contributed by atoms with Crippen molar-refractivity contribution in [3.05, 3.63) is 27.1 Å². The summed E-state index contributed by atoms with van der Waals surface area (Å²) in [6.45, 7) is 0.966. The van der Waals surface area contributed by atoms with Gasteiger partial charge in [-0.25, -0.2) is 0 Å². The molecule has 0 amide bonds. The number of nitrogens with zero attached hydrogens (tertiary/aromatic N) is 3. The predicted molar refractivity (Wildman–Crippen MR) is 81.0 cm³/mol. The number of pyridine rings is 1. The van der Waals surface area contributed by atoms with Crippen molar-refractivity contribution in [2.75, 3.05) is 18.1 Å². The predicted octanol–water partition coefficient (Wildman–Crippen LogP) is 3.03. The summed E-state index contributed by atoms with van der Waals surface area (Å²) in [5.41, 5.74) is 0.682. The van der Waals surface area contributed by atoms with E-state index in [2.05, 4.69) is 52.3 Å². The summed E-state index contributed by atoms with van der Waals surface area (Å²) in [5.74, 6) is 3.21. The van der Waals surface area contributed by atoms with Gasteiger partial charge in [-0.15, -0.1) is 0 Å². The van der Waals surface area contributed by atoms with E-state index in [0.29, 0.717) is 17.4 Å². The summed E-state index contributed by atoms with van der Waals surface area (Å²) in [6, 6.07) is 2.04. The second-order valence-electron chi connectivity index (χ2n) is 4.02. The maximum Gasteiger partial charge on any atom is 0.244 e. The highest BCUT2D eigenvalue weighted by Gasteiger charge is 2.22. The van der Waals surface area contributed by atoms with Crippen molar-refractivity contribution in [1.29, 1.82) is 0 Å². The Hall–Kier alpha value is -0.440. The smallest absolute Gasteiger partial charge is 0.244 e. The highest BCUT2D eigenvalue weighted by atomic mass is 79.9. The van der Waals surface area contributed by atoms with Gasteiger partial charge in [0.1, 0.15) is 5.69 Å². The van der Waals surface area contributed by atoms with Crippen molar-refractivity contribution in [3.63, 3.8) is 0 Å². The lowest BCUT2D eigenvalue weighted by atomic mass is 10.3. The number of nitrogens with one attached hydrogen (secondary N) is 1. The Morgan fingerprint density at radius 1 is 1.42 bits per heavy atom. The van der Waals surface area contributed by atoms with E-state index < -0.39 is 0 Å². The third-order valence-corrected chi connectivity index (χ3v) is 4.78. The van der Waals surface area contributed by atoms with Crippen LogP contribution in [-0.4, -0.2) is 33.2 Å². The van der Waals surface area contributed by atoms with Gasteiger partial charge in [-0.1, -0.05) is 5.16 Å². The standard InChI is InChI=1S/C11H10Br2N4OS/c12-6-3-7(13)9(15-4-6)10-16-11(18-17-10)8-5-19-2-1-14-8/h3-4,8,14H,1-2,5H2. The topological polar surface area (TPSA) is 63.8 Å². The van der Waals surface area contributed by atoms with Gasteiger partial charge in [0.05, 0.1) is 6.04 Å². The average molecular weight is 406 g/mol. The van der Waals surface area contributed by atoms with Gasteiger partial charge in [0.15, 0.2) is 0 Å². The highest BCUT2D eigenvalue weighted by molar-refractivity contribution is 9.11. The van der Waals surface area contributed by atoms with Gasteiger partial charge in [0.25, 0.3) is 0 Å². The third kappa shape index (κ3) is 3.01. The van der Waals surface area contributed by atoms with E-state index in [9.17, 15) is 0 Å². The molecule has 1 fully saturated rings. The molecule has 1 N–H and O–H groups in total. The number of aromatic nitrogens is 3. The molecule has 2 aromatic heterocycles. The zero-order chi connectivity index (χ0) is 13.2. The van der Waals surface area contributed by atoms with Gasteiger partial charge >= 0.3 is 0 Å². The fourth-order valence-electron chi connectivity index (χ4n) is 1.78. The molecule has 8 heteroatoms. The number of hydrogen-bond acceptors (Lipinski definition) is 6. The Kier molecular flexibility index (Phi) is 4.21. The first-order chi connectivity index (χ1) is 9.24. The lowest BCUT2D eigenvalue weighted by molar-refractivity contribution is 0.342. The minimum atomic E-state index is 0.134. The molecule has 0 aliphatic carbocycles. The van der Waals surface area contributed by atoms with Crippen LogP contribution in [0.15, 0.2) is 25.7 Å². The molecular formula is C11H10Br2N4OS. The molecule has 1 unspecified atom stereocenters. The van der Waals surface area contributed by atoms with Crippen LogP contribution in [0.25, 0.3) is 11.5 Å². The fourth-order valence-corrected chi connectivity index (χ4v) is 3.87. The Labute approximate surface area is 131 Å². The second-order valence-corrected chi connectivity index (χ2v) is 6.94. The maximum atomic E-state index is 5.33. The van der Waals surface area contributed by atoms with E-state index >= 15 is 0 Å². The summed E-state index contributed by atoms with van der Waals surface area (Å²) in [6.07, 6.45) is 1.71. The van der Waals surface area contributed by atoms with E-state index in [1.54, 1.807) is 6.20 Å². The summed E-state index contributed by atoms with van der Waals surface area (Å²) in [4.78, 5) is 8.74. The monoisotopic (exact) mass is 404 g/mol. The number of rotatable bonds is 2. The van der Waals surface area contributed by atoms with Crippen molar-refractivity contribution in [2.45, 2.75) is 6.04 Å². The first-order valence-corrected chi connectivity index (χ1v) is 8.44. The summed E-state index contributed by atoms with van der Waals surface area (Å²) in [5, 5.41) is 7.38. The third-order valence-electron chi connectivity index (χ3n) is 2.68. The van der Waals surface area contributed by atoms with Crippen molar-refractivity contribution < 1.29 is 4.52 Å². The molecule has 1 atom stereocenters. The zero-order valence-corrected chi connectivity index (χ0v) is 13.8. The molecule has 1 aliphatic heterocycles. The van der Waals surface area contributed by atoms with Gasteiger partial charge < -0.3 is 9.84 Å². The van der Waals surface area contributed by atoms with Crippen LogP contribution in [0.3, 0.4) is 0 Å². The van der Waals surface area contributed by atoms with Crippen LogP contribution in [0.1, 0.15) is 11.9 Å². The molecule has 19 heavy (non-hydrogen) atoms. The number of hydrogen-bond donors (Lipinski definition) is 1. The van der Waals surface area contributed by atoms with Crippen LogP contribution >= 0.6 is 43.6 Å². The van der Waals surface area contributed by atoms with Crippen molar-refractivity contribution >= 4 is 43.6 Å².